The maximum Gasteiger partial charge on any atom is 0.152 e. The van der Waals surface area contributed by atoms with E-state index in [9.17, 15) is 0 Å². The third-order valence-electron chi connectivity index (χ3n) is 10.9. The van der Waals surface area contributed by atoms with Gasteiger partial charge in [-0.1, -0.05) is 111 Å². The van der Waals surface area contributed by atoms with Crippen LogP contribution < -0.4 is 4.74 Å². The van der Waals surface area contributed by atoms with Crippen LogP contribution in [0.2, 0.25) is 0 Å². The van der Waals surface area contributed by atoms with Crippen LogP contribution in [-0.2, 0) is 5.41 Å². The van der Waals surface area contributed by atoms with Crippen LogP contribution in [0.15, 0.2) is 146 Å². The van der Waals surface area contributed by atoms with E-state index in [-0.39, 0.29) is 5.41 Å². The zero-order valence-corrected chi connectivity index (χ0v) is 26.7. The normalized spacial score (nSPS) is 14.0. The Kier molecular flexibility index (Phi) is 4.91. The Labute approximate surface area is 277 Å². The highest BCUT2D eigenvalue weighted by molar-refractivity contribution is 6.13. The maximum absolute atomic E-state index is 6.61. The number of para-hydroxylation sites is 5. The standard InChI is InChI=1S/C45H30N2O/c1-45(2)36-25-27(29-14-9-19-41-43(29)47-40-18-8-5-13-34(40)35-15-10-20-42(48-41)44(35)47)21-23-30(36)31-24-22-28(26-37(31)45)46-38-16-6-3-11-32(38)33-12-4-7-17-39(33)46/h3-26H,1-2H3. The van der Waals surface area contributed by atoms with Gasteiger partial charge in [-0.2, -0.15) is 0 Å². The molecule has 0 radical (unpaired) electrons. The van der Waals surface area contributed by atoms with Gasteiger partial charge in [0.1, 0.15) is 0 Å². The lowest BCUT2D eigenvalue weighted by molar-refractivity contribution is 0.477. The van der Waals surface area contributed by atoms with Crippen LogP contribution in [0.5, 0.6) is 11.5 Å². The monoisotopic (exact) mass is 614 g/mol. The fourth-order valence-electron chi connectivity index (χ4n) is 8.72. The molecule has 0 fully saturated rings. The molecule has 0 spiro atoms. The Morgan fingerprint density at radius 3 is 1.75 bits per heavy atom. The van der Waals surface area contributed by atoms with E-state index in [4.69, 9.17) is 4.74 Å². The van der Waals surface area contributed by atoms with Crippen LogP contribution in [0.3, 0.4) is 0 Å². The average molecular weight is 615 g/mol. The van der Waals surface area contributed by atoms with Crippen LogP contribution in [0, 0.1) is 0 Å². The summed E-state index contributed by atoms with van der Waals surface area (Å²) < 4.78 is 11.5. The second-order valence-corrected chi connectivity index (χ2v) is 13.7. The second kappa shape index (κ2) is 9.05. The molecule has 1 aliphatic carbocycles. The highest BCUT2D eigenvalue weighted by Gasteiger charge is 2.36. The first-order chi connectivity index (χ1) is 23.6. The van der Waals surface area contributed by atoms with Crippen molar-refractivity contribution >= 4 is 43.6 Å². The largest absolute Gasteiger partial charge is 0.453 e. The minimum Gasteiger partial charge on any atom is -0.453 e. The molecule has 0 saturated heterocycles. The van der Waals surface area contributed by atoms with Gasteiger partial charge in [0.05, 0.1) is 27.8 Å². The maximum atomic E-state index is 6.61. The number of fused-ring (bicyclic) bond motifs is 11. The molecule has 1 aliphatic heterocycles. The summed E-state index contributed by atoms with van der Waals surface area (Å²) in [6.45, 7) is 4.75. The molecule has 3 nitrogen and oxygen atoms in total. The van der Waals surface area contributed by atoms with E-state index in [2.05, 4.69) is 169 Å². The van der Waals surface area contributed by atoms with Gasteiger partial charge in [0.2, 0.25) is 0 Å². The van der Waals surface area contributed by atoms with Crippen LogP contribution in [0.4, 0.5) is 0 Å². The van der Waals surface area contributed by atoms with Gasteiger partial charge in [-0.3, -0.25) is 0 Å². The van der Waals surface area contributed by atoms with E-state index < -0.39 is 0 Å². The summed E-state index contributed by atoms with van der Waals surface area (Å²) in [7, 11) is 0. The van der Waals surface area contributed by atoms with Gasteiger partial charge in [-0.05, 0) is 76.3 Å². The lowest BCUT2D eigenvalue weighted by atomic mass is 9.81. The molecule has 226 valence electrons. The van der Waals surface area contributed by atoms with Gasteiger partial charge in [0, 0.05) is 38.2 Å². The highest BCUT2D eigenvalue weighted by Crippen LogP contribution is 2.53. The van der Waals surface area contributed by atoms with E-state index in [1.54, 1.807) is 0 Å². The lowest BCUT2D eigenvalue weighted by Crippen LogP contribution is -2.15. The van der Waals surface area contributed by atoms with Crippen molar-refractivity contribution in [3.05, 3.63) is 157 Å². The van der Waals surface area contributed by atoms with Crippen molar-refractivity contribution in [1.82, 2.24) is 9.13 Å². The summed E-state index contributed by atoms with van der Waals surface area (Å²) in [4.78, 5) is 0. The summed E-state index contributed by atoms with van der Waals surface area (Å²) in [6.07, 6.45) is 0. The van der Waals surface area contributed by atoms with Crippen LogP contribution in [0.1, 0.15) is 25.0 Å². The summed E-state index contributed by atoms with van der Waals surface area (Å²) in [6, 6.07) is 53.1. The second-order valence-electron chi connectivity index (χ2n) is 13.7. The molecule has 2 aliphatic rings. The highest BCUT2D eigenvalue weighted by atomic mass is 16.5. The smallest absolute Gasteiger partial charge is 0.152 e. The van der Waals surface area contributed by atoms with Crippen molar-refractivity contribution in [1.29, 1.82) is 0 Å². The van der Waals surface area contributed by atoms with Crippen molar-refractivity contribution in [2.24, 2.45) is 0 Å². The van der Waals surface area contributed by atoms with E-state index in [1.807, 2.05) is 0 Å². The van der Waals surface area contributed by atoms with E-state index in [0.717, 1.165) is 22.7 Å². The predicted octanol–water partition coefficient (Wildman–Crippen LogP) is 12.0. The quantitative estimate of drug-likeness (QED) is 0.190. The number of benzene rings is 7. The minimum atomic E-state index is -0.180. The Morgan fingerprint density at radius 2 is 1.02 bits per heavy atom. The summed E-state index contributed by atoms with van der Waals surface area (Å²) in [5.41, 5.74) is 14.6. The number of nitrogens with zero attached hydrogens (tertiary/aromatic N) is 2. The molecule has 9 aromatic rings. The molecule has 0 bridgehead atoms. The molecule has 0 amide bonds. The molecule has 3 heterocycles. The number of ether oxygens (including phenoxy) is 1. The fraction of sp³-hybridized carbons (Fsp3) is 0.0667. The van der Waals surface area contributed by atoms with Crippen molar-refractivity contribution in [3.63, 3.8) is 0 Å². The Morgan fingerprint density at radius 1 is 0.458 bits per heavy atom. The molecule has 2 aromatic heterocycles. The van der Waals surface area contributed by atoms with Gasteiger partial charge in [-0.25, -0.2) is 0 Å². The SMILES string of the molecule is CC1(C)c2cc(-c3cccc4c3-n3c5ccccc5c5cccc(c53)O4)ccc2-c2ccc(-n3c4ccccc4c4ccccc43)cc21. The first kappa shape index (κ1) is 26.1. The zero-order chi connectivity index (χ0) is 31.7. The molecule has 3 heteroatoms. The molecule has 11 rings (SSSR count). The Hall–Kier alpha value is -6.06. The molecule has 48 heavy (non-hydrogen) atoms. The van der Waals surface area contributed by atoms with E-state index in [1.165, 1.54) is 77.2 Å². The number of aromatic nitrogens is 2. The first-order valence-corrected chi connectivity index (χ1v) is 16.7. The molecule has 0 N–H and O–H groups in total. The number of rotatable bonds is 2. The minimum absolute atomic E-state index is 0.180. The summed E-state index contributed by atoms with van der Waals surface area (Å²) in [5.74, 6) is 1.78. The van der Waals surface area contributed by atoms with Crippen LogP contribution in [0.25, 0.3) is 77.2 Å². The van der Waals surface area contributed by atoms with E-state index >= 15 is 0 Å². The van der Waals surface area contributed by atoms with Gasteiger partial charge in [-0.15, -0.1) is 0 Å². The fourth-order valence-corrected chi connectivity index (χ4v) is 8.72. The van der Waals surface area contributed by atoms with Crippen LogP contribution in [-0.4, -0.2) is 9.13 Å². The molecule has 0 atom stereocenters. The summed E-state index contributed by atoms with van der Waals surface area (Å²) in [5, 5.41) is 5.02. The topological polar surface area (TPSA) is 19.1 Å². The van der Waals surface area contributed by atoms with Gasteiger partial charge >= 0.3 is 0 Å². The van der Waals surface area contributed by atoms with Crippen molar-refractivity contribution in [2.45, 2.75) is 19.3 Å². The van der Waals surface area contributed by atoms with Gasteiger partial charge in [0.15, 0.2) is 11.5 Å². The third-order valence-corrected chi connectivity index (χ3v) is 10.9. The molecule has 0 unspecified atom stereocenters. The van der Waals surface area contributed by atoms with Crippen molar-refractivity contribution in [2.75, 3.05) is 0 Å². The lowest BCUT2D eigenvalue weighted by Gasteiger charge is -2.25. The molecule has 0 saturated carbocycles. The Bertz CT molecular complexity index is 2790. The van der Waals surface area contributed by atoms with Gasteiger partial charge < -0.3 is 13.9 Å². The molecular weight excluding hydrogens is 585 g/mol. The molecule has 7 aromatic carbocycles. The van der Waals surface area contributed by atoms with Crippen molar-refractivity contribution in [3.8, 4) is 45.1 Å². The van der Waals surface area contributed by atoms with Crippen molar-refractivity contribution < 1.29 is 4.74 Å². The van der Waals surface area contributed by atoms with E-state index in [0.29, 0.717) is 0 Å². The van der Waals surface area contributed by atoms with Gasteiger partial charge in [0.25, 0.3) is 0 Å². The molecular formula is C45H30N2O. The zero-order valence-electron chi connectivity index (χ0n) is 26.7. The first-order valence-electron chi connectivity index (χ1n) is 16.7. The number of hydrogen-bond donors (Lipinski definition) is 0. The predicted molar refractivity (Wildman–Crippen MR) is 198 cm³/mol. The third kappa shape index (κ3) is 3.23. The Balaban J connectivity index is 1.09. The average Bonchev–Trinajstić information content (AvgIpc) is 3.72. The number of hydrogen-bond acceptors (Lipinski definition) is 1. The van der Waals surface area contributed by atoms with Crippen LogP contribution >= 0.6 is 0 Å². The summed E-state index contributed by atoms with van der Waals surface area (Å²) >= 11 is 0.